The van der Waals surface area contributed by atoms with Crippen molar-refractivity contribution in [2.24, 2.45) is 0 Å². The predicted molar refractivity (Wildman–Crippen MR) is 112 cm³/mol. The second-order valence-corrected chi connectivity index (χ2v) is 6.78. The number of para-hydroxylation sites is 2. The fourth-order valence-electron chi connectivity index (χ4n) is 3.34. The molecule has 4 aromatic rings. The number of aromatic nitrogens is 3. The van der Waals surface area contributed by atoms with Crippen LogP contribution in [0.3, 0.4) is 0 Å². The molecule has 0 radical (unpaired) electrons. The number of methoxy groups -OCH3 is 1. The maximum absolute atomic E-state index is 12.2. The largest absolute Gasteiger partial charge is 0.483 e. The van der Waals surface area contributed by atoms with Crippen molar-refractivity contribution >= 4 is 27.8 Å². The first-order valence-electron chi connectivity index (χ1n) is 9.64. The Morgan fingerprint density at radius 3 is 2.93 bits per heavy atom. The van der Waals surface area contributed by atoms with Crippen LogP contribution in [0.25, 0.3) is 21.9 Å². The van der Waals surface area contributed by atoms with E-state index in [0.717, 1.165) is 34.3 Å². The summed E-state index contributed by atoms with van der Waals surface area (Å²) in [6.45, 7) is 1.89. The Labute approximate surface area is 168 Å². The fourth-order valence-corrected chi connectivity index (χ4v) is 3.34. The van der Waals surface area contributed by atoms with Crippen LogP contribution in [0.2, 0.25) is 0 Å². The molecule has 2 heterocycles. The minimum atomic E-state index is -0.156. The van der Waals surface area contributed by atoms with Crippen LogP contribution in [0.15, 0.2) is 54.7 Å². The third-order valence-corrected chi connectivity index (χ3v) is 4.79. The Balaban J connectivity index is 1.29. The quantitative estimate of drug-likeness (QED) is 0.459. The number of nitrogens with zero attached hydrogens (tertiary/aromatic N) is 2. The number of carbonyl (C=O) groups excluding carboxylic acids is 1. The highest BCUT2D eigenvalue weighted by Gasteiger charge is 2.09. The summed E-state index contributed by atoms with van der Waals surface area (Å²) in [7, 11) is 1.69. The Morgan fingerprint density at radius 2 is 2.07 bits per heavy atom. The smallest absolute Gasteiger partial charge is 0.257 e. The summed E-state index contributed by atoms with van der Waals surface area (Å²) in [5.41, 5.74) is 3.00. The van der Waals surface area contributed by atoms with Gasteiger partial charge in [0, 0.05) is 38.2 Å². The number of nitrogens with one attached hydrogen (secondary N) is 2. The van der Waals surface area contributed by atoms with Crippen molar-refractivity contribution in [2.75, 3.05) is 26.9 Å². The molecule has 2 aromatic carbocycles. The standard InChI is InChI=1S/C22H24N4O3/c1-28-14-13-26-12-10-16-19(26)7-4-8-20(16)29-15-22(27)23-11-9-21-24-17-5-2-3-6-18(17)25-21/h2-8,10,12H,9,11,13-15H2,1H3,(H,23,27)(H,24,25). The lowest BCUT2D eigenvalue weighted by Gasteiger charge is -2.09. The summed E-state index contributed by atoms with van der Waals surface area (Å²) in [6, 6.07) is 15.7. The van der Waals surface area contributed by atoms with Gasteiger partial charge in [-0.2, -0.15) is 0 Å². The van der Waals surface area contributed by atoms with E-state index < -0.39 is 0 Å². The highest BCUT2D eigenvalue weighted by atomic mass is 16.5. The molecule has 0 spiro atoms. The van der Waals surface area contributed by atoms with Crippen molar-refractivity contribution < 1.29 is 14.3 Å². The summed E-state index contributed by atoms with van der Waals surface area (Å²) in [5.74, 6) is 1.40. The monoisotopic (exact) mass is 392 g/mol. The first-order valence-corrected chi connectivity index (χ1v) is 9.64. The Bertz CT molecular complexity index is 1080. The van der Waals surface area contributed by atoms with Crippen molar-refractivity contribution in [3.8, 4) is 5.75 Å². The number of hydrogen-bond acceptors (Lipinski definition) is 4. The van der Waals surface area contributed by atoms with Crippen molar-refractivity contribution in [3.63, 3.8) is 0 Å². The average Bonchev–Trinajstić information content (AvgIpc) is 3.34. The normalized spacial score (nSPS) is 11.2. The lowest BCUT2D eigenvalue weighted by molar-refractivity contribution is -0.123. The van der Waals surface area contributed by atoms with Gasteiger partial charge in [-0.3, -0.25) is 4.79 Å². The molecular formula is C22H24N4O3. The van der Waals surface area contributed by atoms with E-state index in [9.17, 15) is 4.79 Å². The van der Waals surface area contributed by atoms with E-state index in [-0.39, 0.29) is 12.5 Å². The molecule has 29 heavy (non-hydrogen) atoms. The van der Waals surface area contributed by atoms with E-state index in [1.165, 1.54) is 0 Å². The van der Waals surface area contributed by atoms with E-state index in [1.54, 1.807) is 7.11 Å². The molecule has 0 aliphatic heterocycles. The number of ether oxygens (including phenoxy) is 2. The van der Waals surface area contributed by atoms with E-state index in [4.69, 9.17) is 9.47 Å². The van der Waals surface area contributed by atoms with Gasteiger partial charge < -0.3 is 24.3 Å². The molecule has 0 saturated carbocycles. The zero-order chi connectivity index (χ0) is 20.1. The predicted octanol–water partition coefficient (Wildman–Crippen LogP) is 2.90. The second-order valence-electron chi connectivity index (χ2n) is 6.78. The van der Waals surface area contributed by atoms with Gasteiger partial charge in [0.2, 0.25) is 0 Å². The van der Waals surface area contributed by atoms with Gasteiger partial charge in [-0.1, -0.05) is 18.2 Å². The maximum Gasteiger partial charge on any atom is 0.257 e. The first-order chi connectivity index (χ1) is 14.2. The first kappa shape index (κ1) is 19.0. The zero-order valence-electron chi connectivity index (χ0n) is 16.4. The van der Waals surface area contributed by atoms with Crippen molar-refractivity contribution in [1.29, 1.82) is 0 Å². The third-order valence-electron chi connectivity index (χ3n) is 4.79. The highest BCUT2D eigenvalue weighted by Crippen LogP contribution is 2.26. The summed E-state index contributed by atoms with van der Waals surface area (Å²) >= 11 is 0. The van der Waals surface area contributed by atoms with Crippen LogP contribution in [-0.2, 0) is 22.5 Å². The molecule has 0 bridgehead atoms. The van der Waals surface area contributed by atoms with Gasteiger partial charge in [0.25, 0.3) is 5.91 Å². The Hall–Kier alpha value is -3.32. The zero-order valence-corrected chi connectivity index (χ0v) is 16.4. The Kier molecular flexibility index (Phi) is 5.76. The summed E-state index contributed by atoms with van der Waals surface area (Å²) < 4.78 is 13.0. The topological polar surface area (TPSA) is 81.2 Å². The third kappa shape index (κ3) is 4.41. The maximum atomic E-state index is 12.2. The molecular weight excluding hydrogens is 368 g/mol. The van der Waals surface area contributed by atoms with E-state index in [0.29, 0.717) is 25.3 Å². The molecule has 1 amide bonds. The Morgan fingerprint density at radius 1 is 1.17 bits per heavy atom. The number of amides is 1. The summed E-state index contributed by atoms with van der Waals surface area (Å²) in [5, 5.41) is 3.87. The molecule has 0 aliphatic rings. The van der Waals surface area contributed by atoms with Gasteiger partial charge in [-0.15, -0.1) is 0 Å². The van der Waals surface area contributed by atoms with Crippen LogP contribution < -0.4 is 10.1 Å². The average molecular weight is 392 g/mol. The molecule has 0 atom stereocenters. The molecule has 150 valence electrons. The number of fused-ring (bicyclic) bond motifs is 2. The molecule has 2 N–H and O–H groups in total. The summed E-state index contributed by atoms with van der Waals surface area (Å²) in [6.07, 6.45) is 2.64. The van der Waals surface area contributed by atoms with Crippen LogP contribution in [0.1, 0.15) is 5.82 Å². The minimum absolute atomic E-state index is 0.0253. The molecule has 0 aliphatic carbocycles. The van der Waals surface area contributed by atoms with Crippen LogP contribution in [0, 0.1) is 0 Å². The van der Waals surface area contributed by atoms with Gasteiger partial charge in [-0.05, 0) is 30.3 Å². The number of imidazole rings is 1. The van der Waals surface area contributed by atoms with E-state index in [2.05, 4.69) is 19.9 Å². The van der Waals surface area contributed by atoms with E-state index >= 15 is 0 Å². The molecule has 0 saturated heterocycles. The van der Waals surface area contributed by atoms with Gasteiger partial charge in [0.05, 0.1) is 23.2 Å². The fraction of sp³-hybridized carbons (Fsp3) is 0.273. The van der Waals surface area contributed by atoms with Crippen molar-refractivity contribution in [2.45, 2.75) is 13.0 Å². The van der Waals surface area contributed by atoms with Gasteiger partial charge in [0.15, 0.2) is 6.61 Å². The van der Waals surface area contributed by atoms with Crippen LogP contribution in [-0.4, -0.2) is 47.3 Å². The number of carbonyl (C=O) groups is 1. The number of aromatic amines is 1. The SMILES string of the molecule is COCCn1ccc2c(OCC(=O)NCCc3nc4ccccc4[nH]3)cccc21. The molecule has 0 unspecified atom stereocenters. The highest BCUT2D eigenvalue weighted by molar-refractivity contribution is 5.87. The van der Waals surface area contributed by atoms with Crippen LogP contribution in [0.4, 0.5) is 0 Å². The van der Waals surface area contributed by atoms with Gasteiger partial charge >= 0.3 is 0 Å². The molecule has 4 rings (SSSR count). The lowest BCUT2D eigenvalue weighted by atomic mass is 10.2. The van der Waals surface area contributed by atoms with Gasteiger partial charge in [-0.25, -0.2) is 4.98 Å². The van der Waals surface area contributed by atoms with Crippen LogP contribution >= 0.6 is 0 Å². The number of H-pyrrole nitrogens is 1. The van der Waals surface area contributed by atoms with Crippen LogP contribution in [0.5, 0.6) is 5.75 Å². The van der Waals surface area contributed by atoms with Crippen molar-refractivity contribution in [1.82, 2.24) is 19.9 Å². The second kappa shape index (κ2) is 8.79. The lowest BCUT2D eigenvalue weighted by Crippen LogP contribution is -2.30. The number of hydrogen-bond donors (Lipinski definition) is 2. The number of rotatable bonds is 9. The molecule has 7 nitrogen and oxygen atoms in total. The van der Waals surface area contributed by atoms with E-state index in [1.807, 2.05) is 54.7 Å². The molecule has 0 fully saturated rings. The minimum Gasteiger partial charge on any atom is -0.483 e. The summed E-state index contributed by atoms with van der Waals surface area (Å²) in [4.78, 5) is 19.9. The molecule has 2 aromatic heterocycles. The molecule has 7 heteroatoms. The van der Waals surface area contributed by atoms with Crippen molar-refractivity contribution in [3.05, 3.63) is 60.6 Å². The van der Waals surface area contributed by atoms with Gasteiger partial charge in [0.1, 0.15) is 11.6 Å². The number of benzene rings is 2.